The largest absolute Gasteiger partial charge is 0.378 e. The molecule has 0 radical (unpaired) electrons. The predicted octanol–water partition coefficient (Wildman–Crippen LogP) is 3.95. The Labute approximate surface area is 101 Å². The van der Waals surface area contributed by atoms with Crippen LogP contribution in [-0.2, 0) is 6.42 Å². The van der Waals surface area contributed by atoms with Crippen LogP contribution in [0.4, 0.5) is 5.69 Å². The molecule has 1 heterocycles. The molecule has 0 spiro atoms. The minimum atomic E-state index is 0.463. The van der Waals surface area contributed by atoms with Gasteiger partial charge in [-0.25, -0.2) is 0 Å². The van der Waals surface area contributed by atoms with Crippen molar-refractivity contribution in [2.24, 2.45) is 0 Å². The van der Waals surface area contributed by atoms with Gasteiger partial charge in [-0.2, -0.15) is 0 Å². The van der Waals surface area contributed by atoms with Crippen LogP contribution < -0.4 is 5.32 Å². The van der Waals surface area contributed by atoms with Gasteiger partial charge in [0.2, 0.25) is 0 Å². The third-order valence-electron chi connectivity index (χ3n) is 3.35. The number of fused-ring (bicyclic) bond motifs is 2. The van der Waals surface area contributed by atoms with E-state index < -0.39 is 0 Å². The van der Waals surface area contributed by atoms with E-state index in [1.54, 1.807) is 0 Å². The maximum Gasteiger partial charge on any atom is 0.0511 e. The zero-order valence-corrected chi connectivity index (χ0v) is 9.80. The highest BCUT2D eigenvalue weighted by atomic mass is 35.5. The number of hydrogen-bond donors (Lipinski definition) is 1. The van der Waals surface area contributed by atoms with E-state index in [4.69, 9.17) is 11.6 Å². The molecule has 0 aromatic heterocycles. The maximum atomic E-state index is 6.04. The van der Waals surface area contributed by atoms with Crippen LogP contribution in [0.25, 0.3) is 0 Å². The van der Waals surface area contributed by atoms with Crippen molar-refractivity contribution in [2.45, 2.75) is 25.3 Å². The second-order valence-corrected chi connectivity index (χ2v) is 4.84. The molecule has 0 amide bonds. The number of allylic oxidation sites excluding steroid dienone is 2. The summed E-state index contributed by atoms with van der Waals surface area (Å²) in [5.41, 5.74) is 4.09. The quantitative estimate of drug-likeness (QED) is 0.713. The van der Waals surface area contributed by atoms with Crippen LogP contribution >= 0.6 is 11.6 Å². The van der Waals surface area contributed by atoms with Gasteiger partial charge < -0.3 is 5.32 Å². The third kappa shape index (κ3) is 1.76. The van der Waals surface area contributed by atoms with Gasteiger partial charge in [0.15, 0.2) is 0 Å². The van der Waals surface area contributed by atoms with Gasteiger partial charge in [-0.05, 0) is 42.5 Å². The number of benzene rings is 1. The second kappa shape index (κ2) is 3.99. The summed E-state index contributed by atoms with van der Waals surface area (Å²) >= 11 is 6.04. The van der Waals surface area contributed by atoms with E-state index in [2.05, 4.69) is 29.6 Å². The molecule has 1 atom stereocenters. The summed E-state index contributed by atoms with van der Waals surface area (Å²) in [6.45, 7) is 0. The molecule has 2 aliphatic rings. The van der Waals surface area contributed by atoms with Crippen molar-refractivity contribution < 1.29 is 0 Å². The summed E-state index contributed by atoms with van der Waals surface area (Å²) in [5, 5.41) is 4.41. The van der Waals surface area contributed by atoms with Crippen molar-refractivity contribution in [3.8, 4) is 0 Å². The van der Waals surface area contributed by atoms with Crippen LogP contribution in [-0.4, -0.2) is 6.04 Å². The Balaban J connectivity index is 1.98. The van der Waals surface area contributed by atoms with Gasteiger partial charge >= 0.3 is 0 Å². The maximum absolute atomic E-state index is 6.04. The lowest BCUT2D eigenvalue weighted by Gasteiger charge is -2.21. The first-order chi connectivity index (χ1) is 7.83. The second-order valence-electron chi connectivity index (χ2n) is 4.40. The number of anilines is 1. The number of hydrogen-bond acceptors (Lipinski definition) is 1. The van der Waals surface area contributed by atoms with Gasteiger partial charge in [0.25, 0.3) is 0 Å². The summed E-state index contributed by atoms with van der Waals surface area (Å²) < 4.78 is 0. The molecular weight excluding hydrogens is 218 g/mol. The van der Waals surface area contributed by atoms with Crippen molar-refractivity contribution in [3.63, 3.8) is 0 Å². The molecule has 3 rings (SSSR count). The smallest absolute Gasteiger partial charge is 0.0511 e. The molecule has 1 aliphatic heterocycles. The Morgan fingerprint density at radius 1 is 1.25 bits per heavy atom. The van der Waals surface area contributed by atoms with E-state index in [-0.39, 0.29) is 0 Å². The highest BCUT2D eigenvalue weighted by Crippen LogP contribution is 2.31. The fourth-order valence-electron chi connectivity index (χ4n) is 2.45. The summed E-state index contributed by atoms with van der Waals surface area (Å²) in [7, 11) is 0. The zero-order valence-electron chi connectivity index (χ0n) is 9.04. The van der Waals surface area contributed by atoms with Crippen LogP contribution in [0.5, 0.6) is 0 Å². The first-order valence-electron chi connectivity index (χ1n) is 5.73. The number of nitrogens with one attached hydrogen (secondary N) is 1. The molecule has 82 valence electrons. The van der Waals surface area contributed by atoms with Crippen LogP contribution in [0.2, 0.25) is 5.02 Å². The van der Waals surface area contributed by atoms with Gasteiger partial charge in [0, 0.05) is 10.7 Å². The molecule has 1 aliphatic carbocycles. The first-order valence-corrected chi connectivity index (χ1v) is 6.11. The highest BCUT2D eigenvalue weighted by Gasteiger charge is 2.20. The Bertz CT molecular complexity index is 474. The zero-order chi connectivity index (χ0) is 11.0. The normalized spacial score (nSPS) is 22.6. The van der Waals surface area contributed by atoms with Crippen LogP contribution in [0.15, 0.2) is 42.0 Å². The number of halogens is 1. The average Bonchev–Trinajstić information content (AvgIpc) is 2.47. The summed E-state index contributed by atoms with van der Waals surface area (Å²) in [5.74, 6) is 0. The van der Waals surface area contributed by atoms with Crippen LogP contribution in [0.3, 0.4) is 0 Å². The van der Waals surface area contributed by atoms with E-state index in [0.29, 0.717) is 6.04 Å². The number of aryl methyl sites for hydroxylation is 1. The van der Waals surface area contributed by atoms with Gasteiger partial charge in [0.1, 0.15) is 0 Å². The van der Waals surface area contributed by atoms with Gasteiger partial charge in [-0.15, -0.1) is 0 Å². The van der Waals surface area contributed by atoms with Gasteiger partial charge in [-0.1, -0.05) is 35.9 Å². The van der Waals surface area contributed by atoms with Gasteiger partial charge in [0.05, 0.1) is 6.04 Å². The fraction of sp³-hybridized carbons (Fsp3) is 0.286. The monoisotopic (exact) mass is 231 g/mol. The lowest BCUT2D eigenvalue weighted by molar-refractivity contribution is 0.781. The molecule has 0 bridgehead atoms. The van der Waals surface area contributed by atoms with E-state index in [1.807, 2.05) is 12.1 Å². The van der Waals surface area contributed by atoms with Crippen LogP contribution in [0.1, 0.15) is 18.4 Å². The molecule has 0 saturated carbocycles. The molecule has 1 aromatic carbocycles. The topological polar surface area (TPSA) is 12.0 Å². The van der Waals surface area contributed by atoms with E-state index in [1.165, 1.54) is 16.8 Å². The van der Waals surface area contributed by atoms with Crippen molar-refractivity contribution in [1.29, 1.82) is 0 Å². The minimum Gasteiger partial charge on any atom is -0.378 e. The molecule has 0 saturated heterocycles. The van der Waals surface area contributed by atoms with Gasteiger partial charge in [-0.3, -0.25) is 0 Å². The third-order valence-corrected chi connectivity index (χ3v) is 3.59. The van der Waals surface area contributed by atoms with Crippen molar-refractivity contribution in [1.82, 2.24) is 0 Å². The lowest BCUT2D eigenvalue weighted by atomic mass is 9.95. The van der Waals surface area contributed by atoms with E-state index in [0.717, 1.165) is 24.3 Å². The summed E-state index contributed by atoms with van der Waals surface area (Å²) in [6.07, 6.45) is 9.96. The summed E-state index contributed by atoms with van der Waals surface area (Å²) in [4.78, 5) is 0. The number of rotatable bonds is 0. The molecule has 1 aromatic rings. The first kappa shape index (κ1) is 9.98. The molecule has 2 heteroatoms. The Morgan fingerprint density at radius 2 is 2.19 bits per heavy atom. The molecule has 0 fully saturated rings. The Kier molecular flexibility index (Phi) is 2.49. The minimum absolute atomic E-state index is 0.463. The molecule has 1 nitrogen and oxygen atoms in total. The summed E-state index contributed by atoms with van der Waals surface area (Å²) in [6, 6.07) is 6.61. The van der Waals surface area contributed by atoms with E-state index in [9.17, 15) is 0 Å². The lowest BCUT2D eigenvalue weighted by Crippen LogP contribution is -2.21. The van der Waals surface area contributed by atoms with E-state index >= 15 is 0 Å². The standard InChI is InChI=1S/C14H14ClN/c15-12-8-7-11-6-5-10-3-1-2-4-13(10)16-14(11)9-12/h1-3,7-9,13,16H,4-6H2. The van der Waals surface area contributed by atoms with Crippen LogP contribution in [0, 0.1) is 0 Å². The van der Waals surface area contributed by atoms with Crippen molar-refractivity contribution in [3.05, 3.63) is 52.6 Å². The average molecular weight is 232 g/mol. The SMILES string of the molecule is Clc1ccc2c(c1)NC1CC=CC=C1CC2. The molecule has 16 heavy (non-hydrogen) atoms. The molecule has 1 N–H and O–H groups in total. The Hall–Kier alpha value is -1.21. The molecular formula is C14H14ClN. The van der Waals surface area contributed by atoms with Crippen molar-refractivity contribution in [2.75, 3.05) is 5.32 Å². The predicted molar refractivity (Wildman–Crippen MR) is 69.0 cm³/mol. The van der Waals surface area contributed by atoms with Crippen molar-refractivity contribution >= 4 is 17.3 Å². The highest BCUT2D eigenvalue weighted by molar-refractivity contribution is 6.30. The fourth-order valence-corrected chi connectivity index (χ4v) is 2.62. The molecule has 1 unspecified atom stereocenters. The Morgan fingerprint density at radius 3 is 3.12 bits per heavy atom.